The number of halogens is 2. The molecule has 1 aromatic carbocycles. The van der Waals surface area contributed by atoms with E-state index in [1.165, 1.54) is 30.5 Å². The molecule has 2 aromatic heterocycles. The van der Waals surface area contributed by atoms with Crippen LogP contribution in [0, 0.1) is 5.82 Å². The van der Waals surface area contributed by atoms with Crippen LogP contribution in [0.1, 0.15) is 10.4 Å². The minimum atomic E-state index is -1.07. The number of aromatic carboxylic acids is 1. The highest BCUT2D eigenvalue weighted by Gasteiger charge is 2.13. The number of benzene rings is 1. The predicted octanol–water partition coefficient (Wildman–Crippen LogP) is 3.40. The van der Waals surface area contributed by atoms with Crippen molar-refractivity contribution in [2.24, 2.45) is 0 Å². The van der Waals surface area contributed by atoms with E-state index in [-0.39, 0.29) is 17.3 Å². The summed E-state index contributed by atoms with van der Waals surface area (Å²) in [5, 5.41) is 12.6. The van der Waals surface area contributed by atoms with Crippen molar-refractivity contribution in [2.45, 2.75) is 0 Å². The van der Waals surface area contributed by atoms with Crippen molar-refractivity contribution in [3.05, 3.63) is 52.4 Å². The van der Waals surface area contributed by atoms with Crippen LogP contribution in [0.4, 0.5) is 4.39 Å². The molecule has 0 atom stereocenters. The van der Waals surface area contributed by atoms with Crippen LogP contribution in [0.15, 0.2) is 45.5 Å². The molecule has 0 amide bonds. The average molecular weight is 364 g/mol. The second kappa shape index (κ2) is 5.64. The van der Waals surface area contributed by atoms with Crippen LogP contribution in [0.25, 0.3) is 23.0 Å². The molecule has 0 saturated heterocycles. The molecular formula is C14H7BrFN3O3. The number of hydrogen-bond donors (Lipinski definition) is 1. The van der Waals surface area contributed by atoms with Crippen molar-refractivity contribution in [1.82, 2.24) is 15.1 Å². The fraction of sp³-hybridized carbons (Fsp3) is 0. The van der Waals surface area contributed by atoms with Gasteiger partial charge in [0.1, 0.15) is 11.5 Å². The van der Waals surface area contributed by atoms with Crippen LogP contribution in [0.2, 0.25) is 0 Å². The van der Waals surface area contributed by atoms with Gasteiger partial charge in [-0.3, -0.25) is 4.98 Å². The molecule has 0 fully saturated rings. The maximum absolute atomic E-state index is 13.4. The van der Waals surface area contributed by atoms with Gasteiger partial charge in [0.2, 0.25) is 5.82 Å². The van der Waals surface area contributed by atoms with Crippen molar-refractivity contribution in [1.29, 1.82) is 0 Å². The minimum absolute atomic E-state index is 0.0570. The fourth-order valence-corrected chi connectivity index (χ4v) is 2.24. The molecule has 2 heterocycles. The molecule has 0 radical (unpaired) electrons. The van der Waals surface area contributed by atoms with Crippen LogP contribution in [-0.4, -0.2) is 26.2 Å². The van der Waals surface area contributed by atoms with E-state index in [1.807, 2.05) is 0 Å². The molecule has 1 N–H and O–H groups in total. The Morgan fingerprint density at radius 1 is 1.27 bits per heavy atom. The van der Waals surface area contributed by atoms with Gasteiger partial charge in [-0.15, -0.1) is 0 Å². The summed E-state index contributed by atoms with van der Waals surface area (Å²) in [4.78, 5) is 18.9. The highest BCUT2D eigenvalue weighted by Crippen LogP contribution is 2.25. The Hall–Kier alpha value is -2.61. The molecule has 110 valence electrons. The highest BCUT2D eigenvalue weighted by molar-refractivity contribution is 9.10. The van der Waals surface area contributed by atoms with Gasteiger partial charge in [-0.2, -0.15) is 4.98 Å². The van der Waals surface area contributed by atoms with Gasteiger partial charge in [-0.25, -0.2) is 9.18 Å². The van der Waals surface area contributed by atoms with Crippen molar-refractivity contribution in [3.8, 4) is 23.0 Å². The monoisotopic (exact) mass is 363 g/mol. The second-order valence-electron chi connectivity index (χ2n) is 4.32. The van der Waals surface area contributed by atoms with Gasteiger partial charge in [0.25, 0.3) is 5.89 Å². The summed E-state index contributed by atoms with van der Waals surface area (Å²) in [6, 6.07) is 7.08. The Balaban J connectivity index is 1.94. The molecule has 0 unspecified atom stereocenters. The van der Waals surface area contributed by atoms with Crippen LogP contribution < -0.4 is 0 Å². The molecule has 0 bridgehead atoms. The fourth-order valence-electron chi connectivity index (χ4n) is 1.77. The smallest absolute Gasteiger partial charge is 0.337 e. The zero-order valence-electron chi connectivity index (χ0n) is 10.8. The number of carboxylic acids is 1. The SMILES string of the molecule is O=C(O)c1ccc(-c2noc(-c3cc(F)cc(Br)c3)n2)nc1. The van der Waals surface area contributed by atoms with Gasteiger partial charge in [-0.05, 0) is 30.3 Å². The van der Waals surface area contributed by atoms with E-state index in [1.54, 1.807) is 6.07 Å². The van der Waals surface area contributed by atoms with Crippen molar-refractivity contribution >= 4 is 21.9 Å². The number of nitrogens with zero attached hydrogens (tertiary/aromatic N) is 3. The Morgan fingerprint density at radius 3 is 2.73 bits per heavy atom. The first-order valence-electron chi connectivity index (χ1n) is 6.03. The van der Waals surface area contributed by atoms with E-state index < -0.39 is 11.8 Å². The second-order valence-corrected chi connectivity index (χ2v) is 5.23. The summed E-state index contributed by atoms with van der Waals surface area (Å²) >= 11 is 3.19. The van der Waals surface area contributed by atoms with Crippen LogP contribution in [-0.2, 0) is 0 Å². The van der Waals surface area contributed by atoms with E-state index >= 15 is 0 Å². The summed E-state index contributed by atoms with van der Waals surface area (Å²) < 4.78 is 19.0. The molecule has 3 rings (SSSR count). The highest BCUT2D eigenvalue weighted by atomic mass is 79.9. The number of carboxylic acid groups (broad SMARTS) is 1. The topological polar surface area (TPSA) is 89.1 Å². The summed E-state index contributed by atoms with van der Waals surface area (Å²) in [7, 11) is 0. The maximum Gasteiger partial charge on any atom is 0.337 e. The Bertz CT molecular complexity index is 829. The van der Waals surface area contributed by atoms with Crippen LogP contribution in [0.3, 0.4) is 0 Å². The average Bonchev–Trinajstić information content (AvgIpc) is 2.96. The van der Waals surface area contributed by atoms with Crippen molar-refractivity contribution < 1.29 is 18.8 Å². The summed E-state index contributed by atoms with van der Waals surface area (Å²) in [6.07, 6.45) is 1.20. The molecule has 0 saturated carbocycles. The predicted molar refractivity (Wildman–Crippen MR) is 77.6 cm³/mol. The minimum Gasteiger partial charge on any atom is -0.478 e. The number of hydrogen-bond acceptors (Lipinski definition) is 5. The van der Waals surface area contributed by atoms with E-state index in [0.29, 0.717) is 15.7 Å². The van der Waals surface area contributed by atoms with E-state index in [4.69, 9.17) is 9.63 Å². The van der Waals surface area contributed by atoms with Crippen molar-refractivity contribution in [2.75, 3.05) is 0 Å². The Labute approximate surface area is 131 Å². The molecule has 22 heavy (non-hydrogen) atoms. The lowest BCUT2D eigenvalue weighted by molar-refractivity contribution is 0.0696. The standard InChI is InChI=1S/C14H7BrFN3O3/c15-9-3-8(4-10(16)5-9)13-18-12(19-22-13)11-2-1-7(6-17-11)14(20)21/h1-6H,(H,20,21). The van der Waals surface area contributed by atoms with Gasteiger partial charge in [0, 0.05) is 16.2 Å². The molecule has 0 aliphatic heterocycles. The summed E-state index contributed by atoms with van der Waals surface area (Å²) in [5.74, 6) is -1.18. The Morgan fingerprint density at radius 2 is 2.09 bits per heavy atom. The maximum atomic E-state index is 13.4. The zero-order valence-corrected chi connectivity index (χ0v) is 12.4. The quantitative estimate of drug-likeness (QED) is 0.766. The van der Waals surface area contributed by atoms with Gasteiger partial charge in [-0.1, -0.05) is 21.1 Å². The number of rotatable bonds is 3. The van der Waals surface area contributed by atoms with E-state index in [2.05, 4.69) is 31.1 Å². The third-order valence-corrected chi connectivity index (χ3v) is 3.23. The van der Waals surface area contributed by atoms with Gasteiger partial charge >= 0.3 is 5.97 Å². The first-order valence-corrected chi connectivity index (χ1v) is 6.82. The summed E-state index contributed by atoms with van der Waals surface area (Å²) in [5.41, 5.74) is 0.838. The summed E-state index contributed by atoms with van der Waals surface area (Å²) in [6.45, 7) is 0. The number of aromatic nitrogens is 3. The first kappa shape index (κ1) is 14.3. The third-order valence-electron chi connectivity index (χ3n) is 2.78. The van der Waals surface area contributed by atoms with Gasteiger partial charge < -0.3 is 9.63 Å². The van der Waals surface area contributed by atoms with E-state index in [9.17, 15) is 9.18 Å². The number of carbonyl (C=O) groups is 1. The van der Waals surface area contributed by atoms with Crippen LogP contribution in [0.5, 0.6) is 0 Å². The number of pyridine rings is 1. The largest absolute Gasteiger partial charge is 0.478 e. The molecule has 8 heteroatoms. The van der Waals surface area contributed by atoms with Gasteiger partial charge in [0.05, 0.1) is 5.56 Å². The molecular weight excluding hydrogens is 357 g/mol. The lowest BCUT2D eigenvalue weighted by Crippen LogP contribution is -1.97. The molecule has 0 aliphatic rings. The molecule has 0 aliphatic carbocycles. The third kappa shape index (κ3) is 2.86. The van der Waals surface area contributed by atoms with E-state index in [0.717, 1.165) is 0 Å². The lowest BCUT2D eigenvalue weighted by atomic mass is 10.2. The first-order chi connectivity index (χ1) is 10.5. The van der Waals surface area contributed by atoms with Crippen LogP contribution >= 0.6 is 15.9 Å². The van der Waals surface area contributed by atoms with Gasteiger partial charge in [0.15, 0.2) is 0 Å². The van der Waals surface area contributed by atoms with Crippen molar-refractivity contribution in [3.63, 3.8) is 0 Å². The normalized spacial score (nSPS) is 10.6. The zero-order chi connectivity index (χ0) is 15.7. The lowest BCUT2D eigenvalue weighted by Gasteiger charge is -1.96. The Kier molecular flexibility index (Phi) is 3.68. The molecule has 3 aromatic rings. The molecule has 0 spiro atoms. The molecule has 6 nitrogen and oxygen atoms in total.